The number of benzene rings is 3. The molecule has 6 nitrogen and oxygen atoms in total. The van der Waals surface area contributed by atoms with Crippen molar-refractivity contribution in [2.75, 3.05) is 17.7 Å². The lowest BCUT2D eigenvalue weighted by atomic mass is 10.1. The zero-order valence-corrected chi connectivity index (χ0v) is 21.2. The number of aromatic nitrogens is 1. The number of carbonyl (C=O) groups is 2. The zero-order valence-electron chi connectivity index (χ0n) is 19.6. The Hall–Kier alpha value is -3.62. The number of anilines is 2. The average molecular weight is 504 g/mol. The van der Waals surface area contributed by atoms with Crippen LogP contribution in [0.4, 0.5) is 10.8 Å². The standard InChI is InChI=1S/C27H25N3O3S2/c1-17-24(19-9-5-4-6-10-19)29-27(35-17)30-25(31)18(2)34-23-14-8-12-21(16-23)28-26(32)20-11-7-13-22(15-20)33-3/h4-16,18H,1-3H3,(H,28,32)(H,29,30,31). The first-order chi connectivity index (χ1) is 16.9. The molecule has 0 aliphatic rings. The SMILES string of the molecule is COc1cccc(C(=O)Nc2cccc(SC(C)C(=O)Nc3nc(-c4ccccc4)c(C)s3)c2)c1. The topological polar surface area (TPSA) is 80.3 Å². The van der Waals surface area contributed by atoms with Gasteiger partial charge >= 0.3 is 0 Å². The molecule has 0 aliphatic carbocycles. The lowest BCUT2D eigenvalue weighted by molar-refractivity contribution is -0.115. The van der Waals surface area contributed by atoms with Crippen LogP contribution in [0.5, 0.6) is 5.75 Å². The van der Waals surface area contributed by atoms with Gasteiger partial charge in [-0.1, -0.05) is 42.5 Å². The summed E-state index contributed by atoms with van der Waals surface area (Å²) in [5, 5.41) is 6.06. The Morgan fingerprint density at radius 1 is 0.971 bits per heavy atom. The smallest absolute Gasteiger partial charge is 0.255 e. The highest BCUT2D eigenvalue weighted by Crippen LogP contribution is 2.31. The van der Waals surface area contributed by atoms with Crippen LogP contribution in [0.2, 0.25) is 0 Å². The lowest BCUT2D eigenvalue weighted by Gasteiger charge is -2.12. The largest absolute Gasteiger partial charge is 0.497 e. The molecule has 178 valence electrons. The summed E-state index contributed by atoms with van der Waals surface area (Å²) in [5.41, 5.74) is 3.06. The van der Waals surface area contributed by atoms with Crippen LogP contribution in [-0.4, -0.2) is 29.2 Å². The third-order valence-corrected chi connectivity index (χ3v) is 7.16. The number of aryl methyl sites for hydroxylation is 1. The first-order valence-corrected chi connectivity index (χ1v) is 12.7. The number of rotatable bonds is 8. The van der Waals surface area contributed by atoms with Crippen molar-refractivity contribution in [2.24, 2.45) is 0 Å². The predicted octanol–water partition coefficient (Wildman–Crippen LogP) is 6.50. The van der Waals surface area contributed by atoms with Crippen LogP contribution in [0.1, 0.15) is 22.2 Å². The first-order valence-electron chi connectivity index (χ1n) is 11.0. The van der Waals surface area contributed by atoms with Crippen LogP contribution < -0.4 is 15.4 Å². The van der Waals surface area contributed by atoms with Crippen molar-refractivity contribution in [1.29, 1.82) is 0 Å². The van der Waals surface area contributed by atoms with Gasteiger partial charge in [0.15, 0.2) is 5.13 Å². The summed E-state index contributed by atoms with van der Waals surface area (Å²) in [6.45, 7) is 3.85. The van der Waals surface area contributed by atoms with Gasteiger partial charge in [-0.2, -0.15) is 0 Å². The minimum absolute atomic E-state index is 0.130. The van der Waals surface area contributed by atoms with Crippen LogP contribution >= 0.6 is 23.1 Å². The zero-order chi connectivity index (χ0) is 24.8. The van der Waals surface area contributed by atoms with E-state index < -0.39 is 0 Å². The van der Waals surface area contributed by atoms with E-state index in [4.69, 9.17) is 4.74 Å². The normalized spacial score (nSPS) is 11.5. The number of nitrogens with zero attached hydrogens (tertiary/aromatic N) is 1. The molecule has 0 aliphatic heterocycles. The molecule has 0 spiro atoms. The number of methoxy groups -OCH3 is 1. The second-order valence-electron chi connectivity index (χ2n) is 7.75. The van der Waals surface area contributed by atoms with E-state index in [1.54, 1.807) is 31.4 Å². The maximum Gasteiger partial charge on any atom is 0.255 e. The van der Waals surface area contributed by atoms with Crippen molar-refractivity contribution >= 4 is 45.7 Å². The van der Waals surface area contributed by atoms with E-state index in [1.807, 2.05) is 68.4 Å². The minimum atomic E-state index is -0.358. The Labute approximate surface area is 212 Å². The van der Waals surface area contributed by atoms with Gasteiger partial charge in [-0.05, 0) is 50.2 Å². The van der Waals surface area contributed by atoms with Crippen molar-refractivity contribution in [1.82, 2.24) is 4.98 Å². The molecule has 0 fully saturated rings. The lowest BCUT2D eigenvalue weighted by Crippen LogP contribution is -2.22. The summed E-state index contributed by atoms with van der Waals surface area (Å²) in [7, 11) is 1.56. The van der Waals surface area contributed by atoms with E-state index in [2.05, 4.69) is 15.6 Å². The van der Waals surface area contributed by atoms with Crippen LogP contribution in [-0.2, 0) is 4.79 Å². The molecule has 4 rings (SSSR count). The Bertz CT molecular complexity index is 1340. The number of ether oxygens (including phenoxy) is 1. The fourth-order valence-corrected chi connectivity index (χ4v) is 5.16. The Kier molecular flexibility index (Phi) is 7.84. The Morgan fingerprint density at radius 2 is 1.74 bits per heavy atom. The number of hydrogen-bond donors (Lipinski definition) is 2. The first kappa shape index (κ1) is 24.5. The second kappa shape index (κ2) is 11.2. The molecule has 35 heavy (non-hydrogen) atoms. The summed E-state index contributed by atoms with van der Waals surface area (Å²) in [5.74, 6) is 0.257. The monoisotopic (exact) mass is 503 g/mol. The van der Waals surface area contributed by atoms with Gasteiger partial charge in [0.05, 0.1) is 18.1 Å². The summed E-state index contributed by atoms with van der Waals surface area (Å²) in [6.07, 6.45) is 0. The summed E-state index contributed by atoms with van der Waals surface area (Å²) >= 11 is 2.88. The Morgan fingerprint density at radius 3 is 2.51 bits per heavy atom. The van der Waals surface area contributed by atoms with Crippen molar-refractivity contribution < 1.29 is 14.3 Å². The molecule has 1 atom stereocenters. The van der Waals surface area contributed by atoms with E-state index >= 15 is 0 Å². The maximum absolute atomic E-state index is 12.8. The molecular formula is C27H25N3O3S2. The summed E-state index contributed by atoms with van der Waals surface area (Å²) in [6, 6.07) is 24.3. The average Bonchev–Trinajstić information content (AvgIpc) is 3.24. The summed E-state index contributed by atoms with van der Waals surface area (Å²) in [4.78, 5) is 32.0. The van der Waals surface area contributed by atoms with Gasteiger partial charge < -0.3 is 15.4 Å². The van der Waals surface area contributed by atoms with E-state index in [9.17, 15) is 9.59 Å². The van der Waals surface area contributed by atoms with Gasteiger partial charge in [0.1, 0.15) is 5.75 Å². The third kappa shape index (κ3) is 6.29. The molecule has 8 heteroatoms. The number of hydrogen-bond acceptors (Lipinski definition) is 6. The van der Waals surface area contributed by atoms with Gasteiger partial charge in [-0.15, -0.1) is 23.1 Å². The van der Waals surface area contributed by atoms with Crippen molar-refractivity contribution in [3.63, 3.8) is 0 Å². The number of thiazole rings is 1. The predicted molar refractivity (Wildman–Crippen MR) is 144 cm³/mol. The molecule has 0 radical (unpaired) electrons. The van der Waals surface area contributed by atoms with Gasteiger partial charge in [0.2, 0.25) is 5.91 Å². The quantitative estimate of drug-likeness (QED) is 0.268. The van der Waals surface area contributed by atoms with E-state index in [-0.39, 0.29) is 17.1 Å². The van der Waals surface area contributed by atoms with Gasteiger partial charge in [0.25, 0.3) is 5.91 Å². The van der Waals surface area contributed by atoms with E-state index in [0.717, 1.165) is 21.0 Å². The molecular weight excluding hydrogens is 478 g/mol. The van der Waals surface area contributed by atoms with Crippen LogP contribution in [0.15, 0.2) is 83.8 Å². The van der Waals surface area contributed by atoms with Crippen molar-refractivity contribution in [3.05, 3.63) is 89.3 Å². The van der Waals surface area contributed by atoms with E-state index in [0.29, 0.717) is 22.1 Å². The number of carbonyl (C=O) groups excluding carboxylic acids is 2. The van der Waals surface area contributed by atoms with Gasteiger partial charge in [-0.3, -0.25) is 9.59 Å². The van der Waals surface area contributed by atoms with Crippen LogP contribution in [0, 0.1) is 6.92 Å². The molecule has 1 aromatic heterocycles. The molecule has 0 bridgehead atoms. The van der Waals surface area contributed by atoms with Crippen LogP contribution in [0.25, 0.3) is 11.3 Å². The fraction of sp³-hybridized carbons (Fsp3) is 0.148. The molecule has 0 saturated heterocycles. The second-order valence-corrected chi connectivity index (χ2v) is 10.4. The highest BCUT2D eigenvalue weighted by atomic mass is 32.2. The summed E-state index contributed by atoms with van der Waals surface area (Å²) < 4.78 is 5.19. The molecule has 4 aromatic rings. The minimum Gasteiger partial charge on any atom is -0.497 e. The third-order valence-electron chi connectivity index (χ3n) is 5.18. The number of thioether (sulfide) groups is 1. The molecule has 2 amide bonds. The Balaban J connectivity index is 1.38. The molecule has 1 unspecified atom stereocenters. The van der Waals surface area contributed by atoms with Gasteiger partial charge in [0, 0.05) is 26.6 Å². The fourth-order valence-electron chi connectivity index (χ4n) is 3.39. The van der Waals surface area contributed by atoms with Crippen LogP contribution in [0.3, 0.4) is 0 Å². The number of nitrogens with one attached hydrogen (secondary N) is 2. The van der Waals surface area contributed by atoms with E-state index in [1.165, 1.54) is 23.1 Å². The highest BCUT2D eigenvalue weighted by molar-refractivity contribution is 8.00. The molecule has 0 saturated carbocycles. The van der Waals surface area contributed by atoms with Crippen molar-refractivity contribution in [2.45, 2.75) is 24.0 Å². The van der Waals surface area contributed by atoms with Gasteiger partial charge in [-0.25, -0.2) is 4.98 Å². The molecule has 2 N–H and O–H groups in total. The number of amides is 2. The maximum atomic E-state index is 12.8. The molecule has 3 aromatic carbocycles. The highest BCUT2D eigenvalue weighted by Gasteiger charge is 2.18. The molecule has 1 heterocycles. The van der Waals surface area contributed by atoms with Crippen molar-refractivity contribution in [3.8, 4) is 17.0 Å².